The lowest BCUT2D eigenvalue weighted by molar-refractivity contribution is -0.131. The highest BCUT2D eigenvalue weighted by atomic mass is 16.5. The molecular weight excluding hydrogens is 308 g/mol. The Morgan fingerprint density at radius 3 is 2.71 bits per heavy atom. The number of carbonyl (C=O) groups excluding carboxylic acids is 1. The first-order valence-electron chi connectivity index (χ1n) is 7.99. The largest absolute Gasteiger partial charge is 0.423 e. The van der Waals surface area contributed by atoms with Gasteiger partial charge in [-0.3, -0.25) is 4.79 Å². The van der Waals surface area contributed by atoms with Gasteiger partial charge in [0.15, 0.2) is 5.58 Å². The summed E-state index contributed by atoms with van der Waals surface area (Å²) < 4.78 is 10.9. The van der Waals surface area contributed by atoms with Gasteiger partial charge in [0, 0.05) is 32.2 Å². The number of piperazine rings is 1. The third-order valence-corrected chi connectivity index (χ3v) is 4.19. The standard InChI is InChI=1S/C17H18N4O3/c1-12-10-13(24-19-12)11-16(22)20-6-8-21(9-7-20)17-18-14-4-2-3-5-15(14)23-17/h2-5,10H,6-9,11H2,1H3. The van der Waals surface area contributed by atoms with Crippen molar-refractivity contribution in [3.63, 3.8) is 0 Å². The second-order valence-electron chi connectivity index (χ2n) is 5.94. The fraction of sp³-hybridized carbons (Fsp3) is 0.353. The monoisotopic (exact) mass is 326 g/mol. The Bertz CT molecular complexity index is 828. The number of nitrogens with zero attached hydrogens (tertiary/aromatic N) is 4. The molecule has 0 bridgehead atoms. The van der Waals surface area contributed by atoms with Crippen molar-refractivity contribution in [2.75, 3.05) is 31.1 Å². The topological polar surface area (TPSA) is 75.6 Å². The van der Waals surface area contributed by atoms with Crippen molar-refractivity contribution in [3.05, 3.63) is 41.8 Å². The fourth-order valence-electron chi connectivity index (χ4n) is 2.90. The summed E-state index contributed by atoms with van der Waals surface area (Å²) in [5, 5.41) is 3.81. The van der Waals surface area contributed by atoms with Crippen molar-refractivity contribution >= 4 is 23.0 Å². The number of amides is 1. The summed E-state index contributed by atoms with van der Waals surface area (Å²) in [5.74, 6) is 0.669. The van der Waals surface area contributed by atoms with E-state index in [-0.39, 0.29) is 12.3 Å². The molecule has 1 aromatic carbocycles. The normalized spacial score (nSPS) is 15.2. The van der Waals surface area contributed by atoms with Crippen LogP contribution >= 0.6 is 0 Å². The summed E-state index contributed by atoms with van der Waals surface area (Å²) in [5.41, 5.74) is 2.43. The smallest absolute Gasteiger partial charge is 0.298 e. The number of anilines is 1. The molecule has 0 N–H and O–H groups in total. The minimum atomic E-state index is 0.0587. The number of rotatable bonds is 3. The Labute approximate surface area is 138 Å². The predicted octanol–water partition coefficient (Wildman–Crippen LogP) is 2.02. The van der Waals surface area contributed by atoms with Gasteiger partial charge in [-0.2, -0.15) is 4.98 Å². The Morgan fingerprint density at radius 2 is 2.00 bits per heavy atom. The lowest BCUT2D eigenvalue weighted by Crippen LogP contribution is -2.49. The SMILES string of the molecule is Cc1cc(CC(=O)N2CCN(c3nc4ccccc4o3)CC2)on1. The van der Waals surface area contributed by atoms with Gasteiger partial charge in [-0.15, -0.1) is 0 Å². The third-order valence-electron chi connectivity index (χ3n) is 4.19. The van der Waals surface area contributed by atoms with Crippen molar-refractivity contribution in [2.45, 2.75) is 13.3 Å². The number of aromatic nitrogens is 2. The molecular formula is C17H18N4O3. The van der Waals surface area contributed by atoms with Gasteiger partial charge in [-0.25, -0.2) is 0 Å². The second kappa shape index (κ2) is 5.99. The summed E-state index contributed by atoms with van der Waals surface area (Å²) in [6, 6.07) is 10.1. The molecule has 1 saturated heterocycles. The fourth-order valence-corrected chi connectivity index (χ4v) is 2.90. The lowest BCUT2D eigenvalue weighted by Gasteiger charge is -2.33. The number of para-hydroxylation sites is 2. The zero-order chi connectivity index (χ0) is 16.5. The minimum Gasteiger partial charge on any atom is -0.423 e. The first-order valence-corrected chi connectivity index (χ1v) is 7.99. The van der Waals surface area contributed by atoms with Gasteiger partial charge in [0.05, 0.1) is 12.1 Å². The Morgan fingerprint density at radius 1 is 1.21 bits per heavy atom. The molecule has 0 radical (unpaired) electrons. The van der Waals surface area contributed by atoms with E-state index in [9.17, 15) is 4.79 Å². The molecule has 3 aromatic rings. The molecule has 0 spiro atoms. The summed E-state index contributed by atoms with van der Waals surface area (Å²) in [7, 11) is 0. The highest BCUT2D eigenvalue weighted by Crippen LogP contribution is 2.22. The van der Waals surface area contributed by atoms with Crippen LogP contribution in [0.5, 0.6) is 0 Å². The number of fused-ring (bicyclic) bond motifs is 1. The van der Waals surface area contributed by atoms with E-state index in [1.165, 1.54) is 0 Å². The molecule has 0 atom stereocenters. The van der Waals surface area contributed by atoms with E-state index < -0.39 is 0 Å². The molecule has 124 valence electrons. The maximum Gasteiger partial charge on any atom is 0.298 e. The molecule has 7 nitrogen and oxygen atoms in total. The summed E-state index contributed by atoms with van der Waals surface area (Å²) in [6.07, 6.45) is 0.254. The second-order valence-corrected chi connectivity index (χ2v) is 5.94. The molecule has 1 aliphatic rings. The molecule has 2 aromatic heterocycles. The molecule has 7 heteroatoms. The first-order chi connectivity index (χ1) is 11.7. The van der Waals surface area contributed by atoms with Gasteiger partial charge in [0.25, 0.3) is 6.01 Å². The molecule has 1 aliphatic heterocycles. The van der Waals surface area contributed by atoms with Gasteiger partial charge < -0.3 is 18.7 Å². The minimum absolute atomic E-state index is 0.0587. The molecule has 1 amide bonds. The van der Waals surface area contributed by atoms with Gasteiger partial charge >= 0.3 is 0 Å². The van der Waals surface area contributed by atoms with Gasteiger partial charge in [0.1, 0.15) is 11.3 Å². The third kappa shape index (κ3) is 2.84. The molecule has 24 heavy (non-hydrogen) atoms. The van der Waals surface area contributed by atoms with E-state index in [0.29, 0.717) is 38.0 Å². The van der Waals surface area contributed by atoms with Crippen molar-refractivity contribution in [1.82, 2.24) is 15.0 Å². The van der Waals surface area contributed by atoms with Crippen LogP contribution < -0.4 is 4.90 Å². The van der Waals surface area contributed by atoms with Crippen molar-refractivity contribution < 1.29 is 13.7 Å². The number of hydrogen-bond donors (Lipinski definition) is 0. The van der Waals surface area contributed by atoms with E-state index in [1.807, 2.05) is 36.1 Å². The van der Waals surface area contributed by atoms with Gasteiger partial charge in [-0.1, -0.05) is 17.3 Å². The Balaban J connectivity index is 1.38. The van der Waals surface area contributed by atoms with Crippen LogP contribution in [0.15, 0.2) is 39.3 Å². The molecule has 1 fully saturated rings. The van der Waals surface area contributed by atoms with E-state index in [1.54, 1.807) is 6.07 Å². The van der Waals surface area contributed by atoms with Crippen LogP contribution in [0.4, 0.5) is 6.01 Å². The number of carbonyl (C=O) groups is 1. The van der Waals surface area contributed by atoms with Gasteiger partial charge in [0.2, 0.25) is 5.91 Å². The first kappa shape index (κ1) is 14.7. The van der Waals surface area contributed by atoms with Crippen LogP contribution in [0, 0.1) is 6.92 Å². The van der Waals surface area contributed by atoms with Gasteiger partial charge in [-0.05, 0) is 19.1 Å². The quantitative estimate of drug-likeness (QED) is 0.733. The highest BCUT2D eigenvalue weighted by molar-refractivity contribution is 5.78. The number of aryl methyl sites for hydroxylation is 1. The average Bonchev–Trinajstić information content (AvgIpc) is 3.21. The summed E-state index contributed by atoms with van der Waals surface area (Å²) in [4.78, 5) is 20.8. The van der Waals surface area contributed by atoms with Crippen LogP contribution in [-0.4, -0.2) is 47.1 Å². The average molecular weight is 326 g/mol. The van der Waals surface area contributed by atoms with E-state index in [4.69, 9.17) is 8.94 Å². The molecule has 4 rings (SSSR count). The predicted molar refractivity (Wildman–Crippen MR) is 87.7 cm³/mol. The van der Waals surface area contributed by atoms with Crippen LogP contribution in [-0.2, 0) is 11.2 Å². The number of oxazole rings is 1. The van der Waals surface area contributed by atoms with E-state index >= 15 is 0 Å². The zero-order valence-electron chi connectivity index (χ0n) is 13.4. The van der Waals surface area contributed by atoms with Crippen LogP contribution in [0.25, 0.3) is 11.1 Å². The summed E-state index contributed by atoms with van der Waals surface area (Å²) in [6.45, 7) is 4.54. The molecule has 0 unspecified atom stereocenters. The van der Waals surface area contributed by atoms with Crippen molar-refractivity contribution in [1.29, 1.82) is 0 Å². The van der Waals surface area contributed by atoms with Crippen LogP contribution in [0.2, 0.25) is 0 Å². The number of hydrogen-bond acceptors (Lipinski definition) is 6. The van der Waals surface area contributed by atoms with Crippen LogP contribution in [0.1, 0.15) is 11.5 Å². The Kier molecular flexibility index (Phi) is 3.68. The lowest BCUT2D eigenvalue weighted by atomic mass is 10.2. The highest BCUT2D eigenvalue weighted by Gasteiger charge is 2.24. The molecule has 0 saturated carbocycles. The summed E-state index contributed by atoms with van der Waals surface area (Å²) >= 11 is 0. The van der Waals surface area contributed by atoms with E-state index in [2.05, 4.69) is 15.0 Å². The zero-order valence-corrected chi connectivity index (χ0v) is 13.4. The Hall–Kier alpha value is -2.83. The molecule has 0 aliphatic carbocycles. The van der Waals surface area contributed by atoms with Crippen molar-refractivity contribution in [2.24, 2.45) is 0 Å². The van der Waals surface area contributed by atoms with E-state index in [0.717, 1.165) is 16.8 Å². The van der Waals surface area contributed by atoms with Crippen molar-refractivity contribution in [3.8, 4) is 0 Å². The maximum absolute atomic E-state index is 12.3. The number of benzene rings is 1. The molecule has 3 heterocycles. The maximum atomic E-state index is 12.3. The van der Waals surface area contributed by atoms with Crippen LogP contribution in [0.3, 0.4) is 0 Å².